The van der Waals surface area contributed by atoms with Gasteiger partial charge in [-0.3, -0.25) is 5.32 Å². The minimum atomic E-state index is -1.13. The first-order chi connectivity index (χ1) is 10.7. The number of aromatic amines is 1. The Morgan fingerprint density at radius 2 is 1.77 bits per heavy atom. The first kappa shape index (κ1) is 14.1. The highest BCUT2D eigenvalue weighted by atomic mass is 16.4. The number of imidazole rings is 1. The van der Waals surface area contributed by atoms with Gasteiger partial charge >= 0.3 is 6.09 Å². The van der Waals surface area contributed by atoms with Gasteiger partial charge in [-0.2, -0.15) is 0 Å². The number of hydrogen-bond acceptors (Lipinski definition) is 2. The van der Waals surface area contributed by atoms with Gasteiger partial charge in [0, 0.05) is 0 Å². The molecule has 1 aliphatic rings. The van der Waals surface area contributed by atoms with Gasteiger partial charge in [-0.1, -0.05) is 42.5 Å². The number of carbonyl (C=O) groups is 1. The summed E-state index contributed by atoms with van der Waals surface area (Å²) in [6, 6.07) is 18.1. The van der Waals surface area contributed by atoms with Crippen LogP contribution >= 0.6 is 0 Å². The second kappa shape index (κ2) is 6.30. The van der Waals surface area contributed by atoms with Crippen LogP contribution in [0.2, 0.25) is 0 Å². The lowest BCUT2D eigenvalue weighted by Crippen LogP contribution is -2.08. The molecule has 0 atom stereocenters. The third kappa shape index (κ3) is 3.63. The molecule has 0 aliphatic heterocycles. The number of para-hydroxylation sites is 2. The van der Waals surface area contributed by atoms with Crippen molar-refractivity contribution in [1.82, 2.24) is 9.97 Å². The van der Waals surface area contributed by atoms with Gasteiger partial charge in [-0.25, -0.2) is 9.78 Å². The van der Waals surface area contributed by atoms with Crippen LogP contribution in [-0.4, -0.2) is 21.2 Å². The number of benzene rings is 2. The van der Waals surface area contributed by atoms with E-state index in [4.69, 9.17) is 5.11 Å². The van der Waals surface area contributed by atoms with Gasteiger partial charge in [0.15, 0.2) is 0 Å². The zero-order valence-electron chi connectivity index (χ0n) is 12.0. The van der Waals surface area contributed by atoms with Crippen molar-refractivity contribution in [2.45, 2.75) is 18.8 Å². The molecular weight excluding hydrogens is 278 g/mol. The molecule has 5 nitrogen and oxygen atoms in total. The molecule has 3 aromatic rings. The molecule has 1 aliphatic carbocycles. The maximum atomic E-state index is 10.3. The first-order valence-corrected chi connectivity index (χ1v) is 7.22. The van der Waals surface area contributed by atoms with Crippen molar-refractivity contribution in [3.63, 3.8) is 0 Å². The molecule has 5 heteroatoms. The van der Waals surface area contributed by atoms with E-state index in [0.717, 1.165) is 17.0 Å². The Balaban J connectivity index is 0.000000139. The van der Waals surface area contributed by atoms with E-state index in [0.29, 0.717) is 0 Å². The number of anilines is 1. The van der Waals surface area contributed by atoms with Crippen LogP contribution in [0.4, 0.5) is 10.7 Å². The van der Waals surface area contributed by atoms with E-state index >= 15 is 0 Å². The molecule has 4 rings (SSSR count). The fraction of sp³-hybridized carbons (Fsp3) is 0.176. The van der Waals surface area contributed by atoms with Crippen LogP contribution in [-0.2, 0) is 0 Å². The van der Waals surface area contributed by atoms with Gasteiger partial charge < -0.3 is 10.1 Å². The summed E-state index contributed by atoms with van der Waals surface area (Å²) >= 11 is 0. The van der Waals surface area contributed by atoms with Gasteiger partial charge in [-0.05, 0) is 36.5 Å². The fourth-order valence-electron chi connectivity index (χ4n) is 2.26. The van der Waals surface area contributed by atoms with Crippen LogP contribution in [0.3, 0.4) is 0 Å². The molecule has 0 unspecified atom stereocenters. The highest BCUT2D eigenvalue weighted by Crippen LogP contribution is 2.39. The summed E-state index contributed by atoms with van der Waals surface area (Å²) in [6.07, 6.45) is 1.69. The van der Waals surface area contributed by atoms with E-state index in [9.17, 15) is 4.79 Å². The predicted octanol–water partition coefficient (Wildman–Crippen LogP) is 4.22. The first-order valence-electron chi connectivity index (χ1n) is 7.22. The Bertz CT molecular complexity index is 731. The average molecular weight is 295 g/mol. The summed E-state index contributed by atoms with van der Waals surface area (Å²) in [5, 5.41) is 10.6. The summed E-state index contributed by atoms with van der Waals surface area (Å²) in [6.45, 7) is 0. The molecule has 22 heavy (non-hydrogen) atoms. The zero-order valence-corrected chi connectivity index (χ0v) is 12.0. The quantitative estimate of drug-likeness (QED) is 0.662. The number of nitrogens with one attached hydrogen (secondary N) is 2. The average Bonchev–Trinajstić information content (AvgIpc) is 3.29. The van der Waals surface area contributed by atoms with Gasteiger partial charge in [0.05, 0.1) is 11.0 Å². The molecule has 1 saturated carbocycles. The molecule has 0 bridgehead atoms. The molecule has 1 amide bonds. The molecule has 1 fully saturated rings. The highest BCUT2D eigenvalue weighted by Gasteiger charge is 2.22. The van der Waals surface area contributed by atoms with Gasteiger partial charge in [0.25, 0.3) is 0 Å². The zero-order chi connectivity index (χ0) is 15.4. The predicted molar refractivity (Wildman–Crippen MR) is 86.2 cm³/mol. The third-order valence-electron chi connectivity index (χ3n) is 3.46. The Kier molecular flexibility index (Phi) is 4.05. The molecule has 0 saturated heterocycles. The maximum Gasteiger partial charge on any atom is 0.411 e. The minimum absolute atomic E-state index is 0.244. The second-order valence-corrected chi connectivity index (χ2v) is 5.22. The molecule has 0 spiro atoms. The van der Waals surface area contributed by atoms with E-state index in [2.05, 4.69) is 45.6 Å². The van der Waals surface area contributed by atoms with Crippen molar-refractivity contribution >= 4 is 23.1 Å². The van der Waals surface area contributed by atoms with Crippen molar-refractivity contribution < 1.29 is 9.90 Å². The Hall–Kier alpha value is -2.82. The second-order valence-electron chi connectivity index (χ2n) is 5.22. The van der Waals surface area contributed by atoms with Crippen LogP contribution < -0.4 is 5.32 Å². The largest absolute Gasteiger partial charge is 0.465 e. The van der Waals surface area contributed by atoms with Crippen molar-refractivity contribution in [2.75, 3.05) is 5.32 Å². The van der Waals surface area contributed by atoms with Crippen molar-refractivity contribution in [2.24, 2.45) is 0 Å². The Morgan fingerprint density at radius 3 is 2.41 bits per heavy atom. The Morgan fingerprint density at radius 1 is 1.09 bits per heavy atom. The van der Waals surface area contributed by atoms with Gasteiger partial charge in [0.2, 0.25) is 5.95 Å². The van der Waals surface area contributed by atoms with Crippen LogP contribution in [0.1, 0.15) is 24.3 Å². The Labute approximate surface area is 128 Å². The molecule has 1 heterocycles. The maximum absolute atomic E-state index is 10.3. The van der Waals surface area contributed by atoms with Crippen molar-refractivity contribution in [3.8, 4) is 0 Å². The summed E-state index contributed by atoms with van der Waals surface area (Å²) < 4.78 is 0. The smallest absolute Gasteiger partial charge is 0.411 e. The molecule has 3 N–H and O–H groups in total. The lowest BCUT2D eigenvalue weighted by molar-refractivity contribution is 0.209. The standard InChI is InChI=1S/C9H10.C8H7N3O2/c1-2-4-8(5-3-1)9-6-7-9;12-8(13)11-7-9-5-3-1-2-4-6(5)10-7/h1-5,9H,6-7H2;1-4H,(H,12,13)(H2,9,10,11). The van der Waals surface area contributed by atoms with Crippen LogP contribution in [0, 0.1) is 0 Å². The lowest BCUT2D eigenvalue weighted by Gasteiger charge is -1.92. The fourth-order valence-corrected chi connectivity index (χ4v) is 2.26. The van der Waals surface area contributed by atoms with E-state index < -0.39 is 6.09 Å². The summed E-state index contributed by atoms with van der Waals surface area (Å²) in [5.41, 5.74) is 3.08. The normalized spacial score (nSPS) is 13.3. The van der Waals surface area contributed by atoms with Crippen LogP contribution in [0.15, 0.2) is 54.6 Å². The molecular formula is C17H17N3O2. The topological polar surface area (TPSA) is 78.0 Å². The number of aromatic nitrogens is 2. The summed E-state index contributed by atoms with van der Waals surface area (Å²) in [4.78, 5) is 17.1. The van der Waals surface area contributed by atoms with E-state index in [1.165, 1.54) is 18.4 Å². The number of hydrogen-bond donors (Lipinski definition) is 3. The van der Waals surface area contributed by atoms with Crippen LogP contribution in [0.25, 0.3) is 11.0 Å². The highest BCUT2D eigenvalue weighted by molar-refractivity contribution is 5.84. The molecule has 0 radical (unpaired) electrons. The number of nitrogens with zero attached hydrogens (tertiary/aromatic N) is 1. The number of fused-ring (bicyclic) bond motifs is 1. The third-order valence-corrected chi connectivity index (χ3v) is 3.46. The number of rotatable bonds is 2. The van der Waals surface area contributed by atoms with E-state index in [-0.39, 0.29) is 5.95 Å². The molecule has 2 aromatic carbocycles. The van der Waals surface area contributed by atoms with Gasteiger partial charge in [0.1, 0.15) is 0 Å². The van der Waals surface area contributed by atoms with E-state index in [1.807, 2.05) is 18.2 Å². The summed E-state index contributed by atoms with van der Waals surface area (Å²) in [7, 11) is 0. The monoisotopic (exact) mass is 295 g/mol. The van der Waals surface area contributed by atoms with Crippen molar-refractivity contribution in [1.29, 1.82) is 0 Å². The lowest BCUT2D eigenvalue weighted by atomic mass is 10.1. The van der Waals surface area contributed by atoms with Gasteiger partial charge in [-0.15, -0.1) is 0 Å². The van der Waals surface area contributed by atoms with Crippen molar-refractivity contribution in [3.05, 3.63) is 60.2 Å². The molecule has 1 aromatic heterocycles. The van der Waals surface area contributed by atoms with Crippen LogP contribution in [0.5, 0.6) is 0 Å². The number of carboxylic acid groups (broad SMARTS) is 1. The van der Waals surface area contributed by atoms with E-state index in [1.54, 1.807) is 6.07 Å². The SMILES string of the molecule is O=C(O)Nc1nc2ccccc2[nH]1.c1ccc(C2CC2)cc1. The number of amides is 1. The number of H-pyrrole nitrogens is 1. The summed E-state index contributed by atoms with van der Waals surface area (Å²) in [5.74, 6) is 1.15. The molecule has 112 valence electrons. The minimum Gasteiger partial charge on any atom is -0.465 e.